The molecular weight excluding hydrogens is 511 g/mol. The van der Waals surface area contributed by atoms with Gasteiger partial charge in [-0.3, -0.25) is 14.6 Å². The van der Waals surface area contributed by atoms with Crippen molar-refractivity contribution in [2.75, 3.05) is 0 Å². The molecule has 11 heteroatoms. The molecule has 0 radical (unpaired) electrons. The number of rotatable bonds is 7. The summed E-state index contributed by atoms with van der Waals surface area (Å²) in [5, 5.41) is 13.5. The molecule has 192 valence electrons. The zero-order valence-electron chi connectivity index (χ0n) is 20.0. The highest BCUT2D eigenvalue weighted by molar-refractivity contribution is 7.12. The highest BCUT2D eigenvalue weighted by Crippen LogP contribution is 2.49. The number of aromatic amines is 1. The van der Waals surface area contributed by atoms with Crippen molar-refractivity contribution in [1.82, 2.24) is 19.7 Å². The van der Waals surface area contributed by atoms with Gasteiger partial charge in [0.25, 0.3) is 5.56 Å². The van der Waals surface area contributed by atoms with Gasteiger partial charge < -0.3 is 5.11 Å². The maximum atomic E-state index is 12.3. The number of alkyl halides is 2. The molecule has 2 fully saturated rings. The number of aryl methyl sites for hydroxylation is 1. The van der Waals surface area contributed by atoms with Crippen LogP contribution in [0.2, 0.25) is 0 Å². The molecule has 0 amide bonds. The Morgan fingerprint density at radius 2 is 1.86 bits per heavy atom. The zero-order valence-corrected chi connectivity index (χ0v) is 22.3. The van der Waals surface area contributed by atoms with Crippen LogP contribution in [-0.2, 0) is 16.6 Å². The minimum Gasteiger partial charge on any atom is -0.481 e. The Morgan fingerprint density at radius 3 is 2.46 bits per heavy atom. The Kier molecular flexibility index (Phi) is 8.08. The van der Waals surface area contributed by atoms with E-state index in [0.29, 0.717) is 25.2 Å². The van der Waals surface area contributed by atoms with Gasteiger partial charge in [-0.25, -0.2) is 14.5 Å². The van der Waals surface area contributed by atoms with E-state index in [-0.39, 0.29) is 29.1 Å². The summed E-state index contributed by atoms with van der Waals surface area (Å²) >= 11 is 15.5. The quantitative estimate of drug-likeness (QED) is 0.493. The molecule has 2 aromatic heterocycles. The second-order valence-corrected chi connectivity index (χ2v) is 12.5. The van der Waals surface area contributed by atoms with Crippen LogP contribution in [0.15, 0.2) is 15.8 Å². The number of nitrogens with one attached hydrogen (secondary N) is 1. The van der Waals surface area contributed by atoms with Crippen LogP contribution in [0.3, 0.4) is 0 Å². The van der Waals surface area contributed by atoms with Crippen LogP contribution < -0.4 is 11.2 Å². The molecule has 0 saturated heterocycles. The van der Waals surface area contributed by atoms with Crippen LogP contribution >= 0.6 is 34.5 Å². The summed E-state index contributed by atoms with van der Waals surface area (Å²) in [6.45, 7) is 4.22. The summed E-state index contributed by atoms with van der Waals surface area (Å²) in [5.74, 6) is -0.543. The monoisotopic (exact) mass is 542 g/mol. The van der Waals surface area contributed by atoms with Gasteiger partial charge in [0.1, 0.15) is 6.20 Å². The Bertz CT molecular complexity index is 1160. The van der Waals surface area contributed by atoms with Crippen molar-refractivity contribution >= 4 is 40.5 Å². The Balaban J connectivity index is 1.61. The maximum Gasteiger partial charge on any atom is 0.345 e. The van der Waals surface area contributed by atoms with Gasteiger partial charge in [0.05, 0.1) is 23.2 Å². The maximum absolute atomic E-state index is 12.3. The van der Waals surface area contributed by atoms with Gasteiger partial charge in [0.15, 0.2) is 0 Å². The molecule has 2 N–H and O–H groups in total. The highest BCUT2D eigenvalue weighted by atomic mass is 35.5. The smallest absolute Gasteiger partial charge is 0.345 e. The lowest BCUT2D eigenvalue weighted by molar-refractivity contribution is -0.136. The fourth-order valence-corrected chi connectivity index (χ4v) is 8.50. The van der Waals surface area contributed by atoms with Crippen molar-refractivity contribution in [2.45, 2.75) is 99.8 Å². The summed E-state index contributed by atoms with van der Waals surface area (Å²) in [7, 11) is 0. The molecule has 2 atom stereocenters. The minimum absolute atomic E-state index is 0.0874. The van der Waals surface area contributed by atoms with Crippen LogP contribution in [0, 0.1) is 5.92 Å². The molecule has 4 rings (SSSR count). The van der Waals surface area contributed by atoms with E-state index in [9.17, 15) is 19.5 Å². The van der Waals surface area contributed by atoms with Gasteiger partial charge in [0, 0.05) is 32.9 Å². The van der Waals surface area contributed by atoms with Gasteiger partial charge in [-0.05, 0) is 32.1 Å². The molecule has 8 nitrogen and oxygen atoms in total. The molecular formula is C24H32Cl2N4O4S. The van der Waals surface area contributed by atoms with Gasteiger partial charge in [0.2, 0.25) is 0 Å². The predicted molar refractivity (Wildman–Crippen MR) is 137 cm³/mol. The first-order valence-electron chi connectivity index (χ1n) is 12.3. The van der Waals surface area contributed by atoms with Gasteiger partial charge >= 0.3 is 11.7 Å². The Labute approximate surface area is 218 Å². The van der Waals surface area contributed by atoms with Crippen molar-refractivity contribution in [2.24, 2.45) is 5.92 Å². The molecule has 2 aromatic rings. The van der Waals surface area contributed by atoms with Crippen molar-refractivity contribution in [3.05, 3.63) is 42.6 Å². The average molecular weight is 544 g/mol. The van der Waals surface area contributed by atoms with Crippen LogP contribution in [0.1, 0.15) is 92.8 Å². The number of aliphatic carboxylic acids is 1. The second kappa shape index (κ2) is 10.7. The SMILES string of the molecule is CC(C)(c1nc(C2CCCCC2)c(CCC(=O)O)s1)C1C(Cl)CC(n2ncc(=O)[nH]c2=O)CC1Cl. The summed E-state index contributed by atoms with van der Waals surface area (Å²) < 4.78 is 1.27. The third-order valence-electron chi connectivity index (χ3n) is 7.53. The van der Waals surface area contributed by atoms with E-state index >= 15 is 0 Å². The topological polar surface area (TPSA) is 118 Å². The number of H-pyrrole nitrogens is 1. The number of carbonyl (C=O) groups is 1. The average Bonchev–Trinajstić information content (AvgIpc) is 3.23. The van der Waals surface area contributed by atoms with E-state index < -0.39 is 22.6 Å². The lowest BCUT2D eigenvalue weighted by Crippen LogP contribution is -2.48. The van der Waals surface area contributed by atoms with Crippen LogP contribution in [-0.4, -0.2) is 41.6 Å². The number of carboxylic acid groups (broad SMARTS) is 1. The van der Waals surface area contributed by atoms with Crippen LogP contribution in [0.25, 0.3) is 0 Å². The van der Waals surface area contributed by atoms with Crippen LogP contribution in [0.5, 0.6) is 0 Å². The number of carboxylic acids is 1. The zero-order chi connectivity index (χ0) is 25.3. The lowest BCUT2D eigenvalue weighted by Gasteiger charge is -2.44. The second-order valence-electron chi connectivity index (χ2n) is 10.3. The molecule has 0 spiro atoms. The van der Waals surface area contributed by atoms with Gasteiger partial charge in [-0.2, -0.15) is 5.10 Å². The number of hydrogen-bond donors (Lipinski definition) is 2. The largest absolute Gasteiger partial charge is 0.481 e. The van der Waals surface area contributed by atoms with E-state index in [1.807, 2.05) is 0 Å². The summed E-state index contributed by atoms with van der Waals surface area (Å²) in [6, 6.07) is -0.309. The van der Waals surface area contributed by atoms with Crippen molar-refractivity contribution in [3.8, 4) is 0 Å². The van der Waals surface area contributed by atoms with E-state index in [1.54, 1.807) is 11.3 Å². The van der Waals surface area contributed by atoms with Crippen LogP contribution in [0.4, 0.5) is 0 Å². The number of halogens is 2. The molecule has 2 unspecified atom stereocenters. The molecule has 2 heterocycles. The van der Waals surface area contributed by atoms with E-state index in [2.05, 4.69) is 23.9 Å². The normalized spacial score (nSPS) is 26.1. The summed E-state index contributed by atoms with van der Waals surface area (Å²) in [5.41, 5.74) is -0.480. The fraction of sp³-hybridized carbons (Fsp3) is 0.708. The van der Waals surface area contributed by atoms with Crippen molar-refractivity contribution in [3.63, 3.8) is 0 Å². The third kappa shape index (κ3) is 5.67. The summed E-state index contributed by atoms with van der Waals surface area (Å²) in [4.78, 5) is 43.4. The predicted octanol–water partition coefficient (Wildman–Crippen LogP) is 4.60. The van der Waals surface area contributed by atoms with E-state index in [1.165, 1.54) is 23.9 Å². The summed E-state index contributed by atoms with van der Waals surface area (Å²) in [6.07, 6.45) is 8.41. The first-order valence-corrected chi connectivity index (χ1v) is 13.9. The molecule has 2 aliphatic rings. The van der Waals surface area contributed by atoms with E-state index in [4.69, 9.17) is 28.2 Å². The number of hydrogen-bond acceptors (Lipinski definition) is 6. The number of nitrogens with zero attached hydrogens (tertiary/aromatic N) is 3. The Hall–Kier alpha value is -1.71. The van der Waals surface area contributed by atoms with Crippen molar-refractivity contribution < 1.29 is 9.90 Å². The standard InChI is InChI=1S/C24H32Cl2N4O4S/c1-24(2,20-15(25)10-14(11-16(20)26)30-23(34)28-18(31)12-27-30)22-29-21(13-6-4-3-5-7-13)17(35-22)8-9-19(32)33/h12-16,20H,3-11H2,1-2H3,(H,32,33)(H,28,31,34). The van der Waals surface area contributed by atoms with Gasteiger partial charge in [-0.15, -0.1) is 34.5 Å². The van der Waals surface area contributed by atoms with E-state index in [0.717, 1.165) is 34.6 Å². The first kappa shape index (κ1) is 26.4. The molecule has 0 bridgehead atoms. The number of aromatic nitrogens is 4. The highest BCUT2D eigenvalue weighted by Gasteiger charge is 2.48. The molecule has 0 aliphatic heterocycles. The minimum atomic E-state index is -0.806. The number of thiazole rings is 1. The fourth-order valence-electron chi connectivity index (χ4n) is 5.74. The molecule has 2 saturated carbocycles. The molecule has 0 aromatic carbocycles. The molecule has 2 aliphatic carbocycles. The third-order valence-corrected chi connectivity index (χ3v) is 9.90. The van der Waals surface area contributed by atoms with Crippen molar-refractivity contribution in [1.29, 1.82) is 0 Å². The first-order chi connectivity index (χ1) is 16.6. The van der Waals surface area contributed by atoms with Gasteiger partial charge in [-0.1, -0.05) is 33.1 Å². The Morgan fingerprint density at radius 1 is 1.20 bits per heavy atom. The molecule has 35 heavy (non-hydrogen) atoms. The lowest BCUT2D eigenvalue weighted by atomic mass is 9.69.